The van der Waals surface area contributed by atoms with Gasteiger partial charge in [0.25, 0.3) is 0 Å². The first-order valence-corrected chi connectivity index (χ1v) is 24.2. The maximum atomic E-state index is 12.7. The molecule has 1 unspecified atom stereocenters. The Kier molecular flexibility index (Phi) is 45.7. The van der Waals surface area contributed by atoms with Gasteiger partial charge in [0.1, 0.15) is 13.2 Å². The lowest BCUT2D eigenvalue weighted by molar-refractivity contribution is -0.166. The zero-order chi connectivity index (χ0) is 45.1. The zero-order valence-corrected chi connectivity index (χ0v) is 39.3. The highest BCUT2D eigenvalue weighted by molar-refractivity contribution is 5.71. The predicted octanol–water partition coefficient (Wildman–Crippen LogP) is 15.9. The molecule has 0 saturated heterocycles. The van der Waals surface area contributed by atoms with Crippen molar-refractivity contribution in [3.63, 3.8) is 0 Å². The maximum absolute atomic E-state index is 12.7. The molecule has 0 aromatic heterocycles. The lowest BCUT2D eigenvalue weighted by atomic mass is 10.1. The average molecular weight is 855 g/mol. The molecule has 62 heavy (non-hydrogen) atoms. The van der Waals surface area contributed by atoms with Crippen molar-refractivity contribution in [1.82, 2.24) is 0 Å². The molecule has 0 saturated carbocycles. The van der Waals surface area contributed by atoms with Crippen LogP contribution >= 0.6 is 0 Å². The van der Waals surface area contributed by atoms with Crippen LogP contribution in [0.3, 0.4) is 0 Å². The standard InChI is InChI=1S/C56H86O6/c1-4-7-10-13-16-19-22-25-26-27-28-29-30-32-34-37-40-43-46-49-55(58)61-52-53(51-60-54(57)48-45-42-39-36-33-24-21-18-15-12-9-6-3)62-56(59)50-47-44-41-38-35-31-23-20-17-14-11-8-5-2/h7-8,10-11,16-21,25-26,28-29,31-32,34-35,40-41,43-44,53H,4-6,9,12-15,22-24,27,30,33,36-39,42,45-52H2,1-3H3/b10-7-,11-8-,19-16-,20-17-,21-18-,26-25-,29-28-,34-32-,35-31-,43-40-,44-41-. The van der Waals surface area contributed by atoms with Crippen LogP contribution in [0, 0.1) is 0 Å². The van der Waals surface area contributed by atoms with Gasteiger partial charge in [-0.3, -0.25) is 14.4 Å². The Bertz CT molecular complexity index is 1400. The van der Waals surface area contributed by atoms with Crippen molar-refractivity contribution in [2.75, 3.05) is 13.2 Å². The zero-order valence-electron chi connectivity index (χ0n) is 39.3. The van der Waals surface area contributed by atoms with E-state index in [1.54, 1.807) is 0 Å². The van der Waals surface area contributed by atoms with Crippen molar-refractivity contribution >= 4 is 17.9 Å². The largest absolute Gasteiger partial charge is 0.462 e. The van der Waals surface area contributed by atoms with Crippen molar-refractivity contribution in [3.05, 3.63) is 134 Å². The van der Waals surface area contributed by atoms with Gasteiger partial charge in [-0.25, -0.2) is 0 Å². The number of rotatable bonds is 41. The van der Waals surface area contributed by atoms with Gasteiger partial charge < -0.3 is 14.2 Å². The van der Waals surface area contributed by atoms with Crippen LogP contribution in [0.15, 0.2) is 134 Å². The van der Waals surface area contributed by atoms with E-state index >= 15 is 0 Å². The van der Waals surface area contributed by atoms with Gasteiger partial charge in [0, 0.05) is 19.3 Å². The first-order valence-electron chi connectivity index (χ1n) is 24.2. The van der Waals surface area contributed by atoms with E-state index in [4.69, 9.17) is 14.2 Å². The van der Waals surface area contributed by atoms with E-state index in [1.165, 1.54) is 32.1 Å². The highest BCUT2D eigenvalue weighted by Crippen LogP contribution is 2.11. The minimum absolute atomic E-state index is 0.139. The van der Waals surface area contributed by atoms with E-state index in [0.717, 1.165) is 96.3 Å². The van der Waals surface area contributed by atoms with Crippen LogP contribution in [-0.2, 0) is 28.6 Å². The summed E-state index contributed by atoms with van der Waals surface area (Å²) in [6.07, 6.45) is 68.9. The van der Waals surface area contributed by atoms with Crippen molar-refractivity contribution in [2.24, 2.45) is 0 Å². The van der Waals surface area contributed by atoms with Crippen LogP contribution in [0.5, 0.6) is 0 Å². The quantitative estimate of drug-likeness (QED) is 0.0264. The molecule has 0 heterocycles. The second-order valence-electron chi connectivity index (χ2n) is 15.2. The summed E-state index contributed by atoms with van der Waals surface area (Å²) in [6, 6.07) is 0. The van der Waals surface area contributed by atoms with Gasteiger partial charge in [-0.1, -0.05) is 187 Å². The number of allylic oxidation sites excluding steroid dienone is 22. The van der Waals surface area contributed by atoms with Gasteiger partial charge in [0.05, 0.1) is 0 Å². The van der Waals surface area contributed by atoms with E-state index < -0.39 is 12.1 Å². The number of carbonyl (C=O) groups excluding carboxylic acids is 3. The molecule has 0 rings (SSSR count). The molecule has 6 heteroatoms. The van der Waals surface area contributed by atoms with Gasteiger partial charge >= 0.3 is 17.9 Å². The highest BCUT2D eigenvalue weighted by atomic mass is 16.6. The van der Waals surface area contributed by atoms with Gasteiger partial charge in [-0.05, 0) is 109 Å². The third-order valence-electron chi connectivity index (χ3n) is 9.40. The molecule has 0 aliphatic heterocycles. The van der Waals surface area contributed by atoms with Gasteiger partial charge in [0.15, 0.2) is 6.10 Å². The SMILES string of the molecule is CC/C=C\C/C=C\C/C=C\C/C=C\C/C=C\C/C=C\CCC(=O)OCC(COC(=O)CCCCCCC/C=C\CCCCC)OC(=O)CC/C=C\C/C=C\C/C=C\C/C=C\CC. The van der Waals surface area contributed by atoms with E-state index in [-0.39, 0.29) is 38.0 Å². The molecule has 1 atom stereocenters. The molecular formula is C56H86O6. The fourth-order valence-corrected chi connectivity index (χ4v) is 5.83. The van der Waals surface area contributed by atoms with E-state index in [0.29, 0.717) is 19.3 Å². The molecule has 6 nitrogen and oxygen atoms in total. The monoisotopic (exact) mass is 855 g/mol. The summed E-state index contributed by atoms with van der Waals surface area (Å²) in [5, 5.41) is 0. The number of esters is 3. The minimum atomic E-state index is -0.853. The first-order chi connectivity index (χ1) is 30.5. The minimum Gasteiger partial charge on any atom is -0.462 e. The third kappa shape index (κ3) is 46.6. The smallest absolute Gasteiger partial charge is 0.306 e. The van der Waals surface area contributed by atoms with Crippen LogP contribution < -0.4 is 0 Å². The fourth-order valence-electron chi connectivity index (χ4n) is 5.83. The van der Waals surface area contributed by atoms with E-state index in [1.807, 2.05) is 24.3 Å². The lowest BCUT2D eigenvalue weighted by Crippen LogP contribution is -2.30. The van der Waals surface area contributed by atoms with Crippen LogP contribution in [0.1, 0.15) is 181 Å². The Hall–Kier alpha value is -4.45. The molecule has 0 radical (unpaired) electrons. The van der Waals surface area contributed by atoms with Gasteiger partial charge in [0.2, 0.25) is 0 Å². The molecule has 0 amide bonds. The van der Waals surface area contributed by atoms with Crippen LogP contribution in [0.25, 0.3) is 0 Å². The number of hydrogen-bond acceptors (Lipinski definition) is 6. The third-order valence-corrected chi connectivity index (χ3v) is 9.40. The summed E-state index contributed by atoms with van der Waals surface area (Å²) < 4.78 is 16.6. The Morgan fingerprint density at radius 3 is 1.08 bits per heavy atom. The number of unbranched alkanes of at least 4 members (excludes halogenated alkanes) is 8. The van der Waals surface area contributed by atoms with Crippen LogP contribution in [-0.4, -0.2) is 37.2 Å². The molecule has 0 fully saturated rings. The summed E-state index contributed by atoms with van der Waals surface area (Å²) in [6.45, 7) is 6.21. The molecule has 346 valence electrons. The van der Waals surface area contributed by atoms with Gasteiger partial charge in [-0.2, -0.15) is 0 Å². The van der Waals surface area contributed by atoms with Crippen molar-refractivity contribution in [1.29, 1.82) is 0 Å². The molecule has 0 N–H and O–H groups in total. The van der Waals surface area contributed by atoms with Crippen molar-refractivity contribution in [3.8, 4) is 0 Å². The predicted molar refractivity (Wildman–Crippen MR) is 265 cm³/mol. The number of ether oxygens (including phenoxy) is 3. The number of carbonyl (C=O) groups is 3. The molecule has 0 bridgehead atoms. The lowest BCUT2D eigenvalue weighted by Gasteiger charge is -2.18. The second kappa shape index (κ2) is 49.2. The Balaban J connectivity index is 4.61. The fraction of sp³-hybridized carbons (Fsp3) is 0.554. The molecule has 0 aromatic rings. The van der Waals surface area contributed by atoms with Crippen molar-refractivity contribution in [2.45, 2.75) is 187 Å². The molecule has 0 spiro atoms. The van der Waals surface area contributed by atoms with Gasteiger partial charge in [-0.15, -0.1) is 0 Å². The molecule has 0 aromatic carbocycles. The summed E-state index contributed by atoms with van der Waals surface area (Å²) in [5.41, 5.74) is 0. The summed E-state index contributed by atoms with van der Waals surface area (Å²) in [4.78, 5) is 37.8. The summed E-state index contributed by atoms with van der Waals surface area (Å²) in [7, 11) is 0. The second-order valence-corrected chi connectivity index (χ2v) is 15.2. The first kappa shape index (κ1) is 57.5. The number of hydrogen-bond donors (Lipinski definition) is 0. The Morgan fingerprint density at radius 1 is 0.339 bits per heavy atom. The van der Waals surface area contributed by atoms with Crippen LogP contribution in [0.2, 0.25) is 0 Å². The van der Waals surface area contributed by atoms with Crippen molar-refractivity contribution < 1.29 is 28.6 Å². The Morgan fingerprint density at radius 2 is 0.661 bits per heavy atom. The molecule has 0 aliphatic carbocycles. The highest BCUT2D eigenvalue weighted by Gasteiger charge is 2.19. The molecular weight excluding hydrogens is 769 g/mol. The van der Waals surface area contributed by atoms with E-state index in [2.05, 4.69) is 130 Å². The summed E-state index contributed by atoms with van der Waals surface area (Å²) >= 11 is 0. The Labute approximate surface area is 379 Å². The average Bonchev–Trinajstić information content (AvgIpc) is 3.27. The topological polar surface area (TPSA) is 78.9 Å². The summed E-state index contributed by atoms with van der Waals surface area (Å²) in [5.74, 6) is -1.13. The van der Waals surface area contributed by atoms with Crippen LogP contribution in [0.4, 0.5) is 0 Å². The normalized spacial score (nSPS) is 13.3. The van der Waals surface area contributed by atoms with E-state index in [9.17, 15) is 14.4 Å². The molecule has 0 aliphatic rings. The maximum Gasteiger partial charge on any atom is 0.306 e.